The minimum absolute atomic E-state index is 0.523. The molecule has 1 aliphatic rings. The molecule has 4 heteroatoms. The van der Waals surface area contributed by atoms with E-state index in [1.807, 2.05) is 0 Å². The molecule has 0 amide bonds. The molecule has 1 rings (SSSR count). The van der Waals surface area contributed by atoms with Crippen molar-refractivity contribution in [3.8, 4) is 0 Å². The summed E-state index contributed by atoms with van der Waals surface area (Å²) in [6.45, 7) is 0.683. The van der Waals surface area contributed by atoms with Crippen LogP contribution in [-0.2, 0) is 4.79 Å². The molecule has 1 saturated carbocycles. The molecule has 0 saturated heterocycles. The third-order valence-electron chi connectivity index (χ3n) is 2.61. The minimum atomic E-state index is -0.738. The molecule has 70 valence electrons. The van der Waals surface area contributed by atoms with E-state index in [1.54, 1.807) is 0 Å². The van der Waals surface area contributed by atoms with Crippen LogP contribution in [0.1, 0.15) is 25.7 Å². The molecule has 0 aromatic rings. The van der Waals surface area contributed by atoms with Crippen LogP contribution in [0, 0.1) is 5.92 Å². The van der Waals surface area contributed by atoms with Crippen LogP contribution >= 0.6 is 15.9 Å². The minimum Gasteiger partial charge on any atom is -0.480 e. The number of alkyl halides is 1. The number of hydrogen-bond acceptors (Lipinski definition) is 2. The van der Waals surface area contributed by atoms with Crippen molar-refractivity contribution in [1.82, 2.24) is 0 Å². The molecule has 12 heavy (non-hydrogen) atoms. The van der Waals surface area contributed by atoms with Gasteiger partial charge in [0.05, 0.1) is 0 Å². The highest BCUT2D eigenvalue weighted by Crippen LogP contribution is 2.38. The Morgan fingerprint density at radius 3 is 2.42 bits per heavy atom. The molecular formula is C8H14BrNO2. The maximum atomic E-state index is 10.8. The van der Waals surface area contributed by atoms with Crippen LogP contribution in [0.5, 0.6) is 0 Å². The Balaban J connectivity index is 2.49. The van der Waals surface area contributed by atoms with Crippen molar-refractivity contribution in [3.05, 3.63) is 0 Å². The fourth-order valence-corrected chi connectivity index (χ4v) is 2.04. The molecule has 0 aromatic carbocycles. The van der Waals surface area contributed by atoms with E-state index in [0.29, 0.717) is 25.3 Å². The topological polar surface area (TPSA) is 63.3 Å². The van der Waals surface area contributed by atoms with Gasteiger partial charge in [-0.1, -0.05) is 15.9 Å². The fraction of sp³-hybridized carbons (Fsp3) is 0.875. The quantitative estimate of drug-likeness (QED) is 0.711. The first-order valence-corrected chi connectivity index (χ1v) is 5.00. The molecular weight excluding hydrogens is 222 g/mol. The zero-order valence-electron chi connectivity index (χ0n) is 6.92. The first-order chi connectivity index (χ1) is 5.58. The molecule has 0 radical (unpaired) electrons. The lowest BCUT2D eigenvalue weighted by Gasteiger charge is -2.31. The van der Waals surface area contributed by atoms with Crippen LogP contribution in [0.4, 0.5) is 0 Å². The lowest BCUT2D eigenvalue weighted by Crippen LogP contribution is -2.37. The Hall–Kier alpha value is -0.0900. The predicted octanol–water partition coefficient (Wildman–Crippen LogP) is 1.35. The van der Waals surface area contributed by atoms with E-state index >= 15 is 0 Å². The lowest BCUT2D eigenvalue weighted by molar-refractivity contribution is -0.140. The van der Waals surface area contributed by atoms with Crippen molar-refractivity contribution in [2.24, 2.45) is 11.7 Å². The zero-order valence-corrected chi connectivity index (χ0v) is 8.51. The van der Waals surface area contributed by atoms with Crippen LogP contribution in [0.15, 0.2) is 0 Å². The van der Waals surface area contributed by atoms with E-state index in [0.717, 1.165) is 12.8 Å². The molecule has 0 unspecified atom stereocenters. The molecule has 0 atom stereocenters. The monoisotopic (exact) mass is 235 g/mol. The van der Waals surface area contributed by atoms with Crippen LogP contribution < -0.4 is 5.73 Å². The lowest BCUT2D eigenvalue weighted by atomic mass is 9.82. The van der Waals surface area contributed by atoms with Crippen molar-refractivity contribution >= 4 is 21.9 Å². The number of halogens is 1. The Labute approximate surface area is 80.5 Å². The van der Waals surface area contributed by atoms with Crippen LogP contribution in [0.2, 0.25) is 0 Å². The SMILES string of the molecule is NCC1CCC(Br)(C(=O)O)CC1. The molecule has 0 heterocycles. The second-order valence-electron chi connectivity index (χ2n) is 3.45. The number of carboxylic acid groups (broad SMARTS) is 1. The van der Waals surface area contributed by atoms with Crippen LogP contribution in [0.25, 0.3) is 0 Å². The number of carbonyl (C=O) groups is 1. The van der Waals surface area contributed by atoms with Gasteiger partial charge in [0.1, 0.15) is 4.32 Å². The summed E-state index contributed by atoms with van der Waals surface area (Å²) in [4.78, 5) is 10.8. The van der Waals surface area contributed by atoms with Gasteiger partial charge in [-0.15, -0.1) is 0 Å². The van der Waals surface area contributed by atoms with Gasteiger partial charge in [0, 0.05) is 0 Å². The molecule has 1 fully saturated rings. The van der Waals surface area contributed by atoms with Gasteiger partial charge in [0.2, 0.25) is 0 Å². The summed E-state index contributed by atoms with van der Waals surface area (Å²) in [6.07, 6.45) is 3.25. The number of carboxylic acids is 1. The smallest absolute Gasteiger partial charge is 0.320 e. The highest BCUT2D eigenvalue weighted by molar-refractivity contribution is 9.10. The van der Waals surface area contributed by atoms with Gasteiger partial charge < -0.3 is 10.8 Å². The third kappa shape index (κ3) is 1.98. The third-order valence-corrected chi connectivity index (χ3v) is 3.75. The summed E-state index contributed by atoms with van der Waals surface area (Å²) in [7, 11) is 0. The predicted molar refractivity (Wildman–Crippen MR) is 50.3 cm³/mol. The normalized spacial score (nSPS) is 36.3. The molecule has 1 aliphatic carbocycles. The van der Waals surface area contributed by atoms with Crippen LogP contribution in [-0.4, -0.2) is 21.9 Å². The van der Waals surface area contributed by atoms with Gasteiger partial charge in [0.25, 0.3) is 0 Å². The second-order valence-corrected chi connectivity index (χ2v) is 4.97. The van der Waals surface area contributed by atoms with Gasteiger partial charge in [-0.2, -0.15) is 0 Å². The van der Waals surface area contributed by atoms with Gasteiger partial charge in [-0.05, 0) is 38.1 Å². The maximum Gasteiger partial charge on any atom is 0.320 e. The molecule has 3 N–H and O–H groups in total. The van der Waals surface area contributed by atoms with E-state index in [1.165, 1.54) is 0 Å². The fourth-order valence-electron chi connectivity index (χ4n) is 1.58. The van der Waals surface area contributed by atoms with Gasteiger partial charge >= 0.3 is 5.97 Å². The number of hydrogen-bond donors (Lipinski definition) is 2. The number of aliphatic carboxylic acids is 1. The number of rotatable bonds is 2. The van der Waals surface area contributed by atoms with E-state index in [2.05, 4.69) is 15.9 Å². The summed E-state index contributed by atoms with van der Waals surface area (Å²) >= 11 is 3.28. The summed E-state index contributed by atoms with van der Waals surface area (Å²) in [5.74, 6) is -0.215. The van der Waals surface area contributed by atoms with Crippen LogP contribution in [0.3, 0.4) is 0 Å². The summed E-state index contributed by atoms with van der Waals surface area (Å²) in [6, 6.07) is 0. The highest BCUT2D eigenvalue weighted by Gasteiger charge is 2.38. The Morgan fingerprint density at radius 1 is 1.58 bits per heavy atom. The summed E-state index contributed by atoms with van der Waals surface area (Å²) in [5.41, 5.74) is 5.51. The molecule has 0 aliphatic heterocycles. The highest BCUT2D eigenvalue weighted by atomic mass is 79.9. The largest absolute Gasteiger partial charge is 0.480 e. The second kappa shape index (κ2) is 3.75. The standard InChI is InChI=1S/C8H14BrNO2/c9-8(7(11)12)3-1-6(5-10)2-4-8/h6H,1-5,10H2,(H,11,12). The number of nitrogens with two attached hydrogens (primary N) is 1. The first kappa shape index (κ1) is 9.99. The Morgan fingerprint density at radius 2 is 2.08 bits per heavy atom. The zero-order chi connectivity index (χ0) is 9.19. The molecule has 0 bridgehead atoms. The Bertz CT molecular complexity index is 176. The summed E-state index contributed by atoms with van der Waals surface area (Å²) in [5, 5.41) is 8.88. The van der Waals surface area contributed by atoms with E-state index < -0.39 is 10.3 Å². The molecule has 0 aromatic heterocycles. The van der Waals surface area contributed by atoms with Crippen molar-refractivity contribution in [3.63, 3.8) is 0 Å². The maximum absolute atomic E-state index is 10.8. The Kier molecular flexibility index (Phi) is 3.12. The molecule has 3 nitrogen and oxygen atoms in total. The first-order valence-electron chi connectivity index (χ1n) is 4.21. The van der Waals surface area contributed by atoms with Crippen molar-refractivity contribution in [2.45, 2.75) is 30.0 Å². The van der Waals surface area contributed by atoms with E-state index in [4.69, 9.17) is 10.8 Å². The van der Waals surface area contributed by atoms with Crippen molar-refractivity contribution in [1.29, 1.82) is 0 Å². The van der Waals surface area contributed by atoms with Gasteiger partial charge in [-0.25, -0.2) is 0 Å². The molecule has 0 spiro atoms. The van der Waals surface area contributed by atoms with E-state index in [-0.39, 0.29) is 0 Å². The average molecular weight is 236 g/mol. The van der Waals surface area contributed by atoms with Gasteiger partial charge in [-0.3, -0.25) is 4.79 Å². The van der Waals surface area contributed by atoms with Crippen molar-refractivity contribution < 1.29 is 9.90 Å². The van der Waals surface area contributed by atoms with E-state index in [9.17, 15) is 4.79 Å². The van der Waals surface area contributed by atoms with Crippen molar-refractivity contribution in [2.75, 3.05) is 6.54 Å². The van der Waals surface area contributed by atoms with Gasteiger partial charge in [0.15, 0.2) is 0 Å². The average Bonchev–Trinajstić information content (AvgIpc) is 2.06. The summed E-state index contributed by atoms with van der Waals surface area (Å²) < 4.78 is -0.668.